The maximum absolute atomic E-state index is 12.4. The van der Waals surface area contributed by atoms with Gasteiger partial charge in [0.25, 0.3) is 10.0 Å². The molecule has 0 aliphatic carbocycles. The summed E-state index contributed by atoms with van der Waals surface area (Å²) in [5, 5.41) is 0.548. The van der Waals surface area contributed by atoms with E-state index >= 15 is 0 Å². The number of rotatable bonds is 3. The van der Waals surface area contributed by atoms with Gasteiger partial charge in [0.05, 0.1) is 15.1 Å². The second-order valence-corrected chi connectivity index (χ2v) is 8.12. The van der Waals surface area contributed by atoms with Gasteiger partial charge >= 0.3 is 0 Å². The lowest BCUT2D eigenvalue weighted by atomic mass is 10.3. The first-order valence-electron chi connectivity index (χ1n) is 5.85. The second kappa shape index (κ2) is 5.42. The molecule has 1 heterocycles. The summed E-state index contributed by atoms with van der Waals surface area (Å²) in [6, 6.07) is 11.3. The van der Waals surface area contributed by atoms with Gasteiger partial charge in [-0.25, -0.2) is 8.42 Å². The van der Waals surface area contributed by atoms with Crippen LogP contribution in [0.15, 0.2) is 47.4 Å². The van der Waals surface area contributed by atoms with Gasteiger partial charge in [-0.05, 0) is 54.7 Å². The van der Waals surface area contributed by atoms with E-state index in [0.29, 0.717) is 14.7 Å². The van der Waals surface area contributed by atoms with Crippen LogP contribution >= 0.6 is 35.2 Å². The van der Waals surface area contributed by atoms with Crippen molar-refractivity contribution in [1.29, 1.82) is 0 Å². The molecular weight excluding hydrogens is 348 g/mol. The Morgan fingerprint density at radius 2 is 1.86 bits per heavy atom. The van der Waals surface area contributed by atoms with Crippen molar-refractivity contribution in [2.45, 2.75) is 4.90 Å². The number of H-pyrrole nitrogens is 1. The summed E-state index contributed by atoms with van der Waals surface area (Å²) in [4.78, 5) is 3.19. The molecule has 4 nitrogen and oxygen atoms in total. The summed E-state index contributed by atoms with van der Waals surface area (Å²) in [6.07, 6.45) is 0. The molecule has 0 spiro atoms. The predicted molar refractivity (Wildman–Crippen MR) is 89.3 cm³/mol. The van der Waals surface area contributed by atoms with Gasteiger partial charge in [0.2, 0.25) is 0 Å². The highest BCUT2D eigenvalue weighted by Crippen LogP contribution is 2.24. The third kappa shape index (κ3) is 3.11. The number of hydrogen-bond acceptors (Lipinski definition) is 4. The smallest absolute Gasteiger partial charge is 0.261 e. The maximum atomic E-state index is 12.4. The van der Waals surface area contributed by atoms with Crippen LogP contribution in [0.1, 0.15) is 0 Å². The maximum Gasteiger partial charge on any atom is 0.261 e. The SMILES string of the molecule is O=S(=O)(Nc1ccc(Cl)cc1)c1ccc2[nH]c(=S)sc2c1. The van der Waals surface area contributed by atoms with Crippen LogP contribution in [0.4, 0.5) is 5.69 Å². The Balaban J connectivity index is 1.99. The van der Waals surface area contributed by atoms with Gasteiger partial charge in [-0.1, -0.05) is 11.6 Å². The Bertz CT molecular complexity index is 959. The van der Waals surface area contributed by atoms with Crippen molar-refractivity contribution in [2.24, 2.45) is 0 Å². The topological polar surface area (TPSA) is 62.0 Å². The molecule has 108 valence electrons. The zero-order chi connectivity index (χ0) is 15.0. The quantitative estimate of drug-likeness (QED) is 0.683. The van der Waals surface area contributed by atoms with Crippen LogP contribution in [-0.2, 0) is 10.0 Å². The Kier molecular flexibility index (Phi) is 3.75. The summed E-state index contributed by atoms with van der Waals surface area (Å²) in [5.41, 5.74) is 1.29. The Hall–Kier alpha value is -1.41. The fourth-order valence-corrected chi connectivity index (χ4v) is 4.26. The van der Waals surface area contributed by atoms with Crippen LogP contribution < -0.4 is 4.72 Å². The minimum atomic E-state index is -3.64. The molecule has 0 saturated carbocycles. The first-order chi connectivity index (χ1) is 9.94. The Labute approximate surface area is 135 Å². The molecule has 0 aliphatic rings. The van der Waals surface area contributed by atoms with Crippen molar-refractivity contribution in [3.05, 3.63) is 51.4 Å². The molecule has 21 heavy (non-hydrogen) atoms. The summed E-state index contributed by atoms with van der Waals surface area (Å²) < 4.78 is 28.7. The van der Waals surface area contributed by atoms with E-state index in [-0.39, 0.29) is 4.90 Å². The van der Waals surface area contributed by atoms with Gasteiger partial charge in [-0.3, -0.25) is 4.72 Å². The average molecular weight is 357 g/mol. The third-order valence-electron chi connectivity index (χ3n) is 2.80. The molecule has 0 bridgehead atoms. The van der Waals surface area contributed by atoms with Crippen molar-refractivity contribution >= 4 is 61.1 Å². The molecule has 0 fully saturated rings. The monoisotopic (exact) mass is 356 g/mol. The molecule has 2 aromatic carbocycles. The predicted octanol–water partition coefficient (Wildman–Crippen LogP) is 4.41. The normalized spacial score (nSPS) is 11.7. The van der Waals surface area contributed by atoms with Crippen molar-refractivity contribution in [3.8, 4) is 0 Å². The minimum Gasteiger partial charge on any atom is -0.337 e. The lowest BCUT2D eigenvalue weighted by Crippen LogP contribution is -2.12. The molecule has 0 atom stereocenters. The number of hydrogen-bond donors (Lipinski definition) is 2. The summed E-state index contributed by atoms with van der Waals surface area (Å²) in [7, 11) is -3.64. The molecule has 3 rings (SSSR count). The number of halogens is 1. The lowest BCUT2D eigenvalue weighted by molar-refractivity contribution is 0.601. The van der Waals surface area contributed by atoms with E-state index < -0.39 is 10.0 Å². The Morgan fingerprint density at radius 1 is 1.14 bits per heavy atom. The van der Waals surface area contributed by atoms with Crippen molar-refractivity contribution < 1.29 is 8.42 Å². The highest BCUT2D eigenvalue weighted by Gasteiger charge is 2.15. The molecule has 0 saturated heterocycles. The highest BCUT2D eigenvalue weighted by molar-refractivity contribution is 7.92. The van der Waals surface area contributed by atoms with E-state index in [1.165, 1.54) is 11.3 Å². The van der Waals surface area contributed by atoms with Crippen LogP contribution in [0.3, 0.4) is 0 Å². The standard InChI is InChI=1S/C13H9ClN2O2S3/c14-8-1-3-9(4-2-8)16-21(17,18)10-5-6-11-12(7-10)20-13(19)15-11/h1-7,16H,(H,15,19). The van der Waals surface area contributed by atoms with Crippen LogP contribution in [0, 0.1) is 3.95 Å². The van der Waals surface area contributed by atoms with Gasteiger partial charge in [0.15, 0.2) is 3.95 Å². The van der Waals surface area contributed by atoms with Gasteiger partial charge in [0, 0.05) is 10.7 Å². The van der Waals surface area contributed by atoms with Crippen molar-refractivity contribution in [3.63, 3.8) is 0 Å². The second-order valence-electron chi connectivity index (χ2n) is 4.28. The van der Waals surface area contributed by atoms with Crippen molar-refractivity contribution in [2.75, 3.05) is 4.72 Å². The fourth-order valence-electron chi connectivity index (χ4n) is 1.82. The van der Waals surface area contributed by atoms with Gasteiger partial charge < -0.3 is 4.98 Å². The Morgan fingerprint density at radius 3 is 2.57 bits per heavy atom. The number of aromatic nitrogens is 1. The molecule has 0 unspecified atom stereocenters. The lowest BCUT2D eigenvalue weighted by Gasteiger charge is -2.08. The largest absolute Gasteiger partial charge is 0.337 e. The van der Waals surface area contributed by atoms with E-state index in [1.54, 1.807) is 42.5 Å². The highest BCUT2D eigenvalue weighted by atomic mass is 35.5. The molecule has 1 aromatic heterocycles. The molecule has 3 aromatic rings. The number of nitrogens with one attached hydrogen (secondary N) is 2. The van der Waals surface area contributed by atoms with Crippen LogP contribution in [0.2, 0.25) is 5.02 Å². The number of aromatic amines is 1. The number of benzene rings is 2. The van der Waals surface area contributed by atoms with E-state index in [0.717, 1.165) is 10.2 Å². The van der Waals surface area contributed by atoms with Gasteiger partial charge in [-0.2, -0.15) is 0 Å². The zero-order valence-electron chi connectivity index (χ0n) is 10.5. The van der Waals surface area contributed by atoms with E-state index in [9.17, 15) is 8.42 Å². The number of sulfonamides is 1. The minimum absolute atomic E-state index is 0.190. The number of anilines is 1. The third-order valence-corrected chi connectivity index (χ3v) is 5.63. The van der Waals surface area contributed by atoms with E-state index in [4.69, 9.17) is 23.8 Å². The van der Waals surface area contributed by atoms with E-state index in [1.807, 2.05) is 0 Å². The van der Waals surface area contributed by atoms with Crippen LogP contribution in [0.5, 0.6) is 0 Å². The van der Waals surface area contributed by atoms with E-state index in [2.05, 4.69) is 9.71 Å². The molecule has 0 aliphatic heterocycles. The number of fused-ring (bicyclic) bond motifs is 1. The fraction of sp³-hybridized carbons (Fsp3) is 0. The molecular formula is C13H9ClN2O2S3. The summed E-state index contributed by atoms with van der Waals surface area (Å²) in [6.45, 7) is 0. The average Bonchev–Trinajstić information content (AvgIpc) is 2.80. The molecule has 8 heteroatoms. The molecule has 0 radical (unpaired) electrons. The van der Waals surface area contributed by atoms with Crippen LogP contribution in [-0.4, -0.2) is 13.4 Å². The first kappa shape index (κ1) is 14.5. The van der Waals surface area contributed by atoms with Crippen LogP contribution in [0.25, 0.3) is 10.2 Å². The first-order valence-corrected chi connectivity index (χ1v) is 8.94. The molecule has 2 N–H and O–H groups in total. The van der Waals surface area contributed by atoms with Gasteiger partial charge in [-0.15, -0.1) is 11.3 Å². The summed E-state index contributed by atoms with van der Waals surface area (Å²) >= 11 is 12.2. The summed E-state index contributed by atoms with van der Waals surface area (Å²) in [5.74, 6) is 0. The van der Waals surface area contributed by atoms with Crippen molar-refractivity contribution in [1.82, 2.24) is 4.98 Å². The molecule has 0 amide bonds. The zero-order valence-corrected chi connectivity index (χ0v) is 13.7. The van der Waals surface area contributed by atoms with Gasteiger partial charge in [0.1, 0.15) is 0 Å². The number of thiazole rings is 1.